The second-order valence-corrected chi connectivity index (χ2v) is 5.33. The predicted molar refractivity (Wildman–Crippen MR) is 67.6 cm³/mol. The molecule has 1 amide bonds. The van der Waals surface area contributed by atoms with Crippen LogP contribution >= 0.6 is 11.8 Å². The predicted octanol–water partition coefficient (Wildman–Crippen LogP) is 0.752. The average Bonchev–Trinajstić information content (AvgIpc) is 2.24. The maximum atomic E-state index is 11.7. The Hall–Kier alpha value is -0.260. The van der Waals surface area contributed by atoms with Gasteiger partial charge in [0.1, 0.15) is 0 Å². The molecular weight excluding hydrogens is 224 g/mol. The van der Waals surface area contributed by atoms with E-state index < -0.39 is 0 Å². The van der Waals surface area contributed by atoms with Crippen LogP contribution in [0.15, 0.2) is 0 Å². The molecule has 1 aliphatic rings. The van der Waals surface area contributed by atoms with Gasteiger partial charge in [0.05, 0.1) is 11.6 Å². The SMILES string of the molecule is COC1(CNC(=O)[C@@H](N)CCSC)CCC1. The van der Waals surface area contributed by atoms with Crippen molar-refractivity contribution in [3.63, 3.8) is 0 Å². The largest absolute Gasteiger partial charge is 0.376 e. The molecule has 4 nitrogen and oxygen atoms in total. The third kappa shape index (κ3) is 3.64. The summed E-state index contributed by atoms with van der Waals surface area (Å²) in [5.74, 6) is 0.863. The lowest BCUT2D eigenvalue weighted by Crippen LogP contribution is -2.52. The lowest BCUT2D eigenvalue weighted by molar-refractivity contribution is -0.126. The number of carbonyl (C=O) groups is 1. The first-order chi connectivity index (χ1) is 7.63. The summed E-state index contributed by atoms with van der Waals surface area (Å²) in [6.07, 6.45) is 5.99. The molecule has 0 aromatic heterocycles. The zero-order chi connectivity index (χ0) is 12.0. The molecule has 16 heavy (non-hydrogen) atoms. The van der Waals surface area contributed by atoms with E-state index >= 15 is 0 Å². The molecule has 0 saturated heterocycles. The van der Waals surface area contributed by atoms with Gasteiger partial charge in [-0.25, -0.2) is 0 Å². The molecule has 1 fully saturated rings. The summed E-state index contributed by atoms with van der Waals surface area (Å²) in [5, 5.41) is 2.89. The molecule has 0 radical (unpaired) electrons. The number of hydrogen-bond donors (Lipinski definition) is 2. The molecule has 0 unspecified atom stereocenters. The van der Waals surface area contributed by atoms with Gasteiger partial charge in [0.2, 0.25) is 5.91 Å². The Bertz CT molecular complexity index is 227. The van der Waals surface area contributed by atoms with E-state index in [1.807, 2.05) is 6.26 Å². The van der Waals surface area contributed by atoms with E-state index in [0.29, 0.717) is 6.54 Å². The van der Waals surface area contributed by atoms with Gasteiger partial charge in [-0.3, -0.25) is 4.79 Å². The molecule has 0 aromatic carbocycles. The van der Waals surface area contributed by atoms with Crippen molar-refractivity contribution in [3.8, 4) is 0 Å². The molecule has 1 aliphatic carbocycles. The highest BCUT2D eigenvalue weighted by molar-refractivity contribution is 7.98. The minimum Gasteiger partial charge on any atom is -0.376 e. The second-order valence-electron chi connectivity index (χ2n) is 4.35. The average molecular weight is 246 g/mol. The first kappa shape index (κ1) is 13.8. The molecule has 94 valence electrons. The lowest BCUT2D eigenvalue weighted by atomic mass is 9.80. The first-order valence-corrected chi connectivity index (χ1v) is 7.10. The lowest BCUT2D eigenvalue weighted by Gasteiger charge is -2.40. The van der Waals surface area contributed by atoms with Crippen molar-refractivity contribution < 1.29 is 9.53 Å². The molecular formula is C11H22N2O2S. The number of rotatable bonds is 7. The van der Waals surface area contributed by atoms with Crippen LogP contribution in [0.25, 0.3) is 0 Å². The van der Waals surface area contributed by atoms with Gasteiger partial charge in [-0.05, 0) is 37.7 Å². The molecule has 5 heteroatoms. The van der Waals surface area contributed by atoms with Crippen molar-refractivity contribution in [3.05, 3.63) is 0 Å². The van der Waals surface area contributed by atoms with Crippen molar-refractivity contribution in [1.29, 1.82) is 0 Å². The van der Waals surface area contributed by atoms with Crippen LogP contribution in [0.4, 0.5) is 0 Å². The third-order valence-electron chi connectivity index (χ3n) is 3.25. The summed E-state index contributed by atoms with van der Waals surface area (Å²) >= 11 is 1.71. The zero-order valence-electron chi connectivity index (χ0n) is 10.1. The zero-order valence-corrected chi connectivity index (χ0v) is 10.9. The number of hydrogen-bond acceptors (Lipinski definition) is 4. The Morgan fingerprint density at radius 3 is 2.75 bits per heavy atom. The maximum Gasteiger partial charge on any atom is 0.237 e. The molecule has 0 heterocycles. The Labute approximate surface area is 102 Å². The van der Waals surface area contributed by atoms with E-state index in [9.17, 15) is 4.79 Å². The van der Waals surface area contributed by atoms with E-state index in [2.05, 4.69) is 5.32 Å². The van der Waals surface area contributed by atoms with Crippen LogP contribution in [-0.4, -0.2) is 43.2 Å². The molecule has 1 rings (SSSR count). The summed E-state index contributed by atoms with van der Waals surface area (Å²) in [6, 6.07) is -0.388. The van der Waals surface area contributed by atoms with Gasteiger partial charge in [0, 0.05) is 13.7 Å². The molecule has 0 spiro atoms. The number of nitrogens with one attached hydrogen (secondary N) is 1. The minimum absolute atomic E-state index is 0.0580. The van der Waals surface area contributed by atoms with Crippen LogP contribution in [-0.2, 0) is 9.53 Å². The quantitative estimate of drug-likeness (QED) is 0.696. The molecule has 0 bridgehead atoms. The summed E-state index contributed by atoms with van der Waals surface area (Å²) in [7, 11) is 1.71. The van der Waals surface area contributed by atoms with E-state index in [4.69, 9.17) is 10.5 Å². The monoisotopic (exact) mass is 246 g/mol. The highest BCUT2D eigenvalue weighted by Crippen LogP contribution is 2.34. The summed E-state index contributed by atoms with van der Waals surface area (Å²) in [4.78, 5) is 11.7. The van der Waals surface area contributed by atoms with Crippen LogP contribution in [0.1, 0.15) is 25.7 Å². The van der Waals surface area contributed by atoms with Gasteiger partial charge >= 0.3 is 0 Å². The summed E-state index contributed by atoms with van der Waals surface area (Å²) < 4.78 is 5.43. The molecule has 3 N–H and O–H groups in total. The normalized spacial score (nSPS) is 19.9. The fourth-order valence-electron chi connectivity index (χ4n) is 1.78. The van der Waals surface area contributed by atoms with Gasteiger partial charge in [-0.15, -0.1) is 0 Å². The Balaban J connectivity index is 2.23. The van der Waals surface area contributed by atoms with Gasteiger partial charge in [0.25, 0.3) is 0 Å². The highest BCUT2D eigenvalue weighted by atomic mass is 32.2. The van der Waals surface area contributed by atoms with E-state index in [1.165, 1.54) is 6.42 Å². The minimum atomic E-state index is -0.388. The van der Waals surface area contributed by atoms with Crippen molar-refractivity contribution in [1.82, 2.24) is 5.32 Å². The van der Waals surface area contributed by atoms with Crippen molar-refractivity contribution in [2.24, 2.45) is 5.73 Å². The molecule has 1 saturated carbocycles. The fourth-order valence-corrected chi connectivity index (χ4v) is 2.27. The Morgan fingerprint density at radius 2 is 2.31 bits per heavy atom. The smallest absolute Gasteiger partial charge is 0.237 e. The second kappa shape index (κ2) is 6.47. The highest BCUT2D eigenvalue weighted by Gasteiger charge is 2.37. The van der Waals surface area contributed by atoms with Crippen LogP contribution < -0.4 is 11.1 Å². The van der Waals surface area contributed by atoms with Crippen molar-refractivity contribution in [2.45, 2.75) is 37.3 Å². The number of methoxy groups -OCH3 is 1. The number of nitrogens with two attached hydrogens (primary N) is 1. The molecule has 0 aromatic rings. The van der Waals surface area contributed by atoms with Crippen LogP contribution in [0, 0.1) is 0 Å². The van der Waals surface area contributed by atoms with Crippen molar-refractivity contribution in [2.75, 3.05) is 25.7 Å². The van der Waals surface area contributed by atoms with Crippen LogP contribution in [0.2, 0.25) is 0 Å². The van der Waals surface area contributed by atoms with Gasteiger partial charge < -0.3 is 15.8 Å². The van der Waals surface area contributed by atoms with Gasteiger partial charge in [-0.1, -0.05) is 0 Å². The summed E-state index contributed by atoms with van der Waals surface area (Å²) in [5.41, 5.74) is 5.65. The third-order valence-corrected chi connectivity index (χ3v) is 3.90. The summed E-state index contributed by atoms with van der Waals surface area (Å²) in [6.45, 7) is 0.593. The Kier molecular flexibility index (Phi) is 5.58. The number of amides is 1. The number of thioether (sulfide) groups is 1. The van der Waals surface area contributed by atoms with Crippen molar-refractivity contribution >= 4 is 17.7 Å². The Morgan fingerprint density at radius 1 is 1.62 bits per heavy atom. The van der Waals surface area contributed by atoms with Gasteiger partial charge in [-0.2, -0.15) is 11.8 Å². The topological polar surface area (TPSA) is 64.3 Å². The van der Waals surface area contributed by atoms with E-state index in [-0.39, 0.29) is 17.6 Å². The fraction of sp³-hybridized carbons (Fsp3) is 0.909. The molecule has 1 atom stereocenters. The number of carbonyl (C=O) groups excluding carboxylic acids is 1. The maximum absolute atomic E-state index is 11.7. The first-order valence-electron chi connectivity index (χ1n) is 5.71. The van der Waals surface area contributed by atoms with Crippen LogP contribution in [0.5, 0.6) is 0 Å². The molecule has 0 aliphatic heterocycles. The van der Waals surface area contributed by atoms with Crippen LogP contribution in [0.3, 0.4) is 0 Å². The van der Waals surface area contributed by atoms with E-state index in [0.717, 1.165) is 25.0 Å². The van der Waals surface area contributed by atoms with E-state index in [1.54, 1.807) is 18.9 Å². The standard InChI is InChI=1S/C11H22N2O2S/c1-15-11(5-3-6-11)8-13-10(14)9(12)4-7-16-2/h9H,3-8,12H2,1-2H3,(H,13,14)/t9-/m0/s1. The number of ether oxygens (including phenoxy) is 1. The van der Waals surface area contributed by atoms with Gasteiger partial charge in [0.15, 0.2) is 0 Å².